The Morgan fingerprint density at radius 1 is 0.536 bits per heavy atom. The lowest BCUT2D eigenvalue weighted by atomic mass is 10.4. The summed E-state index contributed by atoms with van der Waals surface area (Å²) in [7, 11) is 3.57. The maximum absolute atomic E-state index is 3.90. The molecule has 3 heteroatoms. The van der Waals surface area contributed by atoms with Gasteiger partial charge in [0.2, 0.25) is 0 Å². The van der Waals surface area contributed by atoms with Crippen LogP contribution < -0.4 is 20.8 Å². The zero-order valence-electron chi connectivity index (χ0n) is 16.3. The first-order chi connectivity index (χ1) is 13.8. The van der Waals surface area contributed by atoms with E-state index in [1.54, 1.807) is 12.4 Å². The number of benzene rings is 3. The van der Waals surface area contributed by atoms with E-state index in [1.165, 1.54) is 21.6 Å². The predicted octanol–water partition coefficient (Wildman–Crippen LogP) is 4.59. The second-order valence-corrected chi connectivity index (χ2v) is 8.66. The summed E-state index contributed by atoms with van der Waals surface area (Å²) in [6.07, 6.45) is 3.57. The Kier molecular flexibility index (Phi) is 7.35. The van der Waals surface area contributed by atoms with E-state index in [0.29, 0.717) is 0 Å². The fourth-order valence-corrected chi connectivity index (χ4v) is 5.13. The van der Waals surface area contributed by atoms with E-state index < -0.39 is 7.92 Å². The number of aromatic nitrogens is 1. The van der Waals surface area contributed by atoms with E-state index in [2.05, 4.69) is 96.0 Å². The third kappa shape index (κ3) is 5.52. The highest BCUT2D eigenvalue weighted by molar-refractivity contribution is 7.79. The molecule has 28 heavy (non-hydrogen) atoms. The minimum Gasteiger partial charge on any atom is -0.378 e. The molecule has 0 saturated heterocycles. The van der Waals surface area contributed by atoms with E-state index in [9.17, 15) is 0 Å². The zero-order valence-corrected chi connectivity index (χ0v) is 17.2. The molecule has 0 amide bonds. The summed E-state index contributed by atoms with van der Waals surface area (Å²) in [6.45, 7) is 0. The van der Waals surface area contributed by atoms with Crippen LogP contribution in [-0.4, -0.2) is 19.1 Å². The first-order valence-electron chi connectivity index (χ1n) is 9.28. The first-order valence-corrected chi connectivity index (χ1v) is 10.6. The van der Waals surface area contributed by atoms with Gasteiger partial charge in [-0.3, -0.25) is 4.98 Å². The standard InChI is InChI=1S/C18H15P.C7H10N2/c1-4-10-16(11-5-1)19(17-12-6-2-7-13-17)18-14-8-3-9-15-18;1-9(2)7-3-5-8-6-4-7/h1-15H;3-6H,1-2H3. The second kappa shape index (κ2) is 10.4. The van der Waals surface area contributed by atoms with Gasteiger partial charge in [-0.15, -0.1) is 0 Å². The molecule has 4 rings (SSSR count). The molecule has 0 aliphatic carbocycles. The van der Waals surface area contributed by atoms with Gasteiger partial charge in [-0.25, -0.2) is 0 Å². The van der Waals surface area contributed by atoms with Gasteiger partial charge in [0.15, 0.2) is 0 Å². The zero-order chi connectivity index (χ0) is 19.6. The summed E-state index contributed by atoms with van der Waals surface area (Å²) < 4.78 is 0. The number of anilines is 1. The summed E-state index contributed by atoms with van der Waals surface area (Å²) in [4.78, 5) is 5.94. The van der Waals surface area contributed by atoms with Gasteiger partial charge in [0.05, 0.1) is 0 Å². The third-order valence-corrected chi connectivity index (χ3v) is 6.67. The fourth-order valence-electron chi connectivity index (χ4n) is 2.82. The summed E-state index contributed by atoms with van der Waals surface area (Å²) in [5, 5.41) is 4.19. The number of hydrogen-bond donors (Lipinski definition) is 0. The Balaban J connectivity index is 0.000000211. The van der Waals surface area contributed by atoms with Crippen LogP contribution in [0.5, 0.6) is 0 Å². The number of rotatable bonds is 4. The molecule has 0 saturated carbocycles. The molecule has 0 atom stereocenters. The molecule has 2 nitrogen and oxygen atoms in total. The van der Waals surface area contributed by atoms with Crippen molar-refractivity contribution in [2.24, 2.45) is 0 Å². The Labute approximate surface area is 169 Å². The normalized spacial score (nSPS) is 10.1. The van der Waals surface area contributed by atoms with Crippen molar-refractivity contribution < 1.29 is 0 Å². The lowest BCUT2D eigenvalue weighted by molar-refractivity contribution is 1.12. The third-order valence-electron chi connectivity index (χ3n) is 4.22. The molecule has 1 aromatic heterocycles. The predicted molar refractivity (Wildman–Crippen MR) is 124 cm³/mol. The van der Waals surface area contributed by atoms with Gasteiger partial charge in [-0.2, -0.15) is 0 Å². The molecule has 0 unspecified atom stereocenters. The van der Waals surface area contributed by atoms with Gasteiger partial charge in [0, 0.05) is 32.2 Å². The molecule has 140 valence electrons. The minimum absolute atomic E-state index is 0.446. The molecule has 1 heterocycles. The van der Waals surface area contributed by atoms with Crippen molar-refractivity contribution in [3.05, 3.63) is 116 Å². The number of hydrogen-bond acceptors (Lipinski definition) is 2. The van der Waals surface area contributed by atoms with Gasteiger partial charge >= 0.3 is 0 Å². The van der Waals surface area contributed by atoms with E-state index in [0.717, 1.165) is 0 Å². The Morgan fingerprint density at radius 3 is 1.18 bits per heavy atom. The van der Waals surface area contributed by atoms with Crippen LogP contribution in [0.3, 0.4) is 0 Å². The van der Waals surface area contributed by atoms with Crippen LogP contribution in [0.1, 0.15) is 0 Å². The van der Waals surface area contributed by atoms with E-state index >= 15 is 0 Å². The average molecular weight is 384 g/mol. The maximum atomic E-state index is 3.90. The van der Waals surface area contributed by atoms with Crippen LogP contribution >= 0.6 is 7.92 Å². The van der Waals surface area contributed by atoms with Crippen LogP contribution in [0.4, 0.5) is 5.69 Å². The van der Waals surface area contributed by atoms with E-state index in [1.807, 2.05) is 31.1 Å². The topological polar surface area (TPSA) is 16.1 Å². The van der Waals surface area contributed by atoms with Gasteiger partial charge in [-0.05, 0) is 36.0 Å². The lowest BCUT2D eigenvalue weighted by Gasteiger charge is -2.18. The van der Waals surface area contributed by atoms with Crippen molar-refractivity contribution in [2.75, 3.05) is 19.0 Å². The lowest BCUT2D eigenvalue weighted by Crippen LogP contribution is -2.20. The molecule has 3 aromatic carbocycles. The van der Waals surface area contributed by atoms with Gasteiger partial charge in [0.1, 0.15) is 0 Å². The van der Waals surface area contributed by atoms with E-state index in [-0.39, 0.29) is 0 Å². The summed E-state index contributed by atoms with van der Waals surface area (Å²) >= 11 is 0. The number of pyridine rings is 1. The van der Waals surface area contributed by atoms with E-state index in [4.69, 9.17) is 0 Å². The van der Waals surface area contributed by atoms with Crippen molar-refractivity contribution in [1.82, 2.24) is 4.98 Å². The Bertz CT molecular complexity index is 833. The SMILES string of the molecule is CN(C)c1ccncc1.c1ccc(P(c2ccccc2)c2ccccc2)cc1. The highest BCUT2D eigenvalue weighted by Gasteiger charge is 2.14. The maximum Gasteiger partial charge on any atom is 0.0391 e. The van der Waals surface area contributed by atoms with Crippen molar-refractivity contribution >= 4 is 29.5 Å². The molecule has 0 radical (unpaired) electrons. The summed E-state index contributed by atoms with van der Waals surface area (Å²) in [5.41, 5.74) is 1.19. The minimum atomic E-state index is -0.446. The highest BCUT2D eigenvalue weighted by Crippen LogP contribution is 2.32. The largest absolute Gasteiger partial charge is 0.378 e. The second-order valence-electron chi connectivity index (χ2n) is 6.44. The highest BCUT2D eigenvalue weighted by atomic mass is 31.1. The molecule has 0 fully saturated rings. The Morgan fingerprint density at radius 2 is 0.893 bits per heavy atom. The molecule has 0 spiro atoms. The Hall–Kier alpha value is -2.96. The van der Waals surface area contributed by atoms with Gasteiger partial charge in [-0.1, -0.05) is 91.0 Å². The van der Waals surface area contributed by atoms with Crippen molar-refractivity contribution in [3.8, 4) is 0 Å². The molecule has 0 N–H and O–H groups in total. The van der Waals surface area contributed by atoms with Crippen LogP contribution in [-0.2, 0) is 0 Å². The van der Waals surface area contributed by atoms with Crippen LogP contribution in [0.15, 0.2) is 116 Å². The van der Waals surface area contributed by atoms with Crippen LogP contribution in [0, 0.1) is 0 Å². The van der Waals surface area contributed by atoms with Crippen LogP contribution in [0.2, 0.25) is 0 Å². The molecule has 4 aromatic rings. The van der Waals surface area contributed by atoms with Gasteiger partial charge < -0.3 is 4.90 Å². The summed E-state index contributed by atoms with van der Waals surface area (Å²) in [6, 6.07) is 36.3. The molecule has 0 aliphatic heterocycles. The smallest absolute Gasteiger partial charge is 0.0391 e. The molecule has 0 bridgehead atoms. The molecular weight excluding hydrogens is 359 g/mol. The van der Waals surface area contributed by atoms with Crippen molar-refractivity contribution in [2.45, 2.75) is 0 Å². The number of nitrogens with zero attached hydrogens (tertiary/aromatic N) is 2. The summed E-state index contributed by atoms with van der Waals surface area (Å²) in [5.74, 6) is 0. The molecular formula is C25H25N2P. The first kappa shape index (κ1) is 19.8. The average Bonchev–Trinajstić information content (AvgIpc) is 2.77. The van der Waals surface area contributed by atoms with Gasteiger partial charge in [0.25, 0.3) is 0 Å². The monoisotopic (exact) mass is 384 g/mol. The van der Waals surface area contributed by atoms with Crippen molar-refractivity contribution in [1.29, 1.82) is 0 Å². The molecule has 0 aliphatic rings. The quantitative estimate of drug-likeness (QED) is 0.479. The van der Waals surface area contributed by atoms with Crippen LogP contribution in [0.25, 0.3) is 0 Å². The fraction of sp³-hybridized carbons (Fsp3) is 0.0800. The van der Waals surface area contributed by atoms with Crippen molar-refractivity contribution in [3.63, 3.8) is 0 Å².